The van der Waals surface area contributed by atoms with E-state index in [0.29, 0.717) is 12.6 Å². The zero-order valence-corrected chi connectivity index (χ0v) is 12.7. The minimum absolute atomic E-state index is 0.0523. The van der Waals surface area contributed by atoms with Crippen molar-refractivity contribution in [1.29, 1.82) is 0 Å². The number of hydrogen-bond acceptors (Lipinski definition) is 3. The second kappa shape index (κ2) is 6.48. The number of amides is 1. The summed E-state index contributed by atoms with van der Waals surface area (Å²) < 4.78 is 5.65. The molecule has 3 rings (SSSR count). The lowest BCUT2D eigenvalue weighted by Crippen LogP contribution is -2.45. The lowest BCUT2D eigenvalue weighted by atomic mass is 9.91. The Morgan fingerprint density at radius 3 is 3.00 bits per heavy atom. The van der Waals surface area contributed by atoms with Crippen LogP contribution in [0.2, 0.25) is 0 Å². The van der Waals surface area contributed by atoms with E-state index >= 15 is 0 Å². The van der Waals surface area contributed by atoms with Gasteiger partial charge in [0.2, 0.25) is 5.91 Å². The van der Waals surface area contributed by atoms with Crippen LogP contribution >= 0.6 is 0 Å². The van der Waals surface area contributed by atoms with E-state index in [-0.39, 0.29) is 11.8 Å². The van der Waals surface area contributed by atoms with E-state index in [1.54, 1.807) is 0 Å². The van der Waals surface area contributed by atoms with Gasteiger partial charge in [0.25, 0.3) is 0 Å². The summed E-state index contributed by atoms with van der Waals surface area (Å²) in [6, 6.07) is 8.36. The fraction of sp³-hybridized carbons (Fsp3) is 0.588. The summed E-state index contributed by atoms with van der Waals surface area (Å²) >= 11 is 0. The Bertz CT molecular complexity index is 497. The van der Waals surface area contributed by atoms with Gasteiger partial charge < -0.3 is 15.0 Å². The molecule has 1 aromatic carbocycles. The first kappa shape index (κ1) is 14.4. The molecular formula is C17H24N2O2. The van der Waals surface area contributed by atoms with Gasteiger partial charge in [-0.15, -0.1) is 0 Å². The first-order valence-electron chi connectivity index (χ1n) is 7.96. The fourth-order valence-corrected chi connectivity index (χ4v) is 3.36. The molecule has 21 heavy (non-hydrogen) atoms. The number of benzene rings is 1. The van der Waals surface area contributed by atoms with Crippen molar-refractivity contribution in [1.82, 2.24) is 10.2 Å². The molecule has 0 aliphatic carbocycles. The van der Waals surface area contributed by atoms with Gasteiger partial charge in [-0.1, -0.05) is 24.6 Å². The molecule has 1 fully saturated rings. The molecule has 2 heterocycles. The third kappa shape index (κ3) is 3.21. The zero-order valence-electron chi connectivity index (χ0n) is 12.7. The molecule has 2 aliphatic heterocycles. The van der Waals surface area contributed by atoms with Gasteiger partial charge in [0.05, 0.1) is 12.5 Å². The highest BCUT2D eigenvalue weighted by Gasteiger charge is 2.30. The van der Waals surface area contributed by atoms with Crippen LogP contribution in [0.15, 0.2) is 24.3 Å². The summed E-state index contributed by atoms with van der Waals surface area (Å²) in [6.07, 6.45) is 4.46. The highest BCUT2D eigenvalue weighted by atomic mass is 16.5. The Kier molecular flexibility index (Phi) is 4.44. The van der Waals surface area contributed by atoms with Crippen LogP contribution in [0.3, 0.4) is 0 Å². The molecule has 2 unspecified atom stereocenters. The second-order valence-corrected chi connectivity index (χ2v) is 6.09. The molecule has 0 aromatic heterocycles. The predicted octanol–water partition coefficient (Wildman–Crippen LogP) is 2.15. The maximum absolute atomic E-state index is 12.8. The molecule has 1 aromatic rings. The zero-order chi connectivity index (χ0) is 14.7. The molecule has 4 heteroatoms. The van der Waals surface area contributed by atoms with E-state index < -0.39 is 0 Å². The number of carbonyl (C=O) groups is 1. The summed E-state index contributed by atoms with van der Waals surface area (Å²) in [5, 5.41) is 3.51. The molecule has 114 valence electrons. The topological polar surface area (TPSA) is 41.6 Å². The summed E-state index contributed by atoms with van der Waals surface area (Å²) in [5.74, 6) is 1.04. The SMILES string of the molecule is CN(CC1CCCCN1)C(=O)C1CCOc2ccccc21. The number of hydrogen-bond donors (Lipinski definition) is 1. The largest absolute Gasteiger partial charge is 0.493 e. The third-order valence-corrected chi connectivity index (χ3v) is 4.54. The van der Waals surface area contributed by atoms with Crippen LogP contribution in [0.1, 0.15) is 37.2 Å². The molecule has 1 amide bonds. The van der Waals surface area contributed by atoms with Crippen LogP contribution in [-0.2, 0) is 4.79 Å². The normalized spacial score (nSPS) is 24.8. The Hall–Kier alpha value is -1.55. The summed E-state index contributed by atoms with van der Waals surface area (Å²) in [6.45, 7) is 2.51. The molecule has 2 aliphatic rings. The standard InChI is InChI=1S/C17H24N2O2/c1-19(12-13-6-4-5-10-18-13)17(20)15-9-11-21-16-8-3-2-7-14(15)16/h2-3,7-8,13,15,18H,4-6,9-12H2,1H3. The van der Waals surface area contributed by atoms with Crippen molar-refractivity contribution < 1.29 is 9.53 Å². The van der Waals surface area contributed by atoms with E-state index in [1.807, 2.05) is 36.2 Å². The van der Waals surface area contributed by atoms with E-state index in [0.717, 1.165) is 30.8 Å². The van der Waals surface area contributed by atoms with E-state index in [1.165, 1.54) is 19.3 Å². The second-order valence-electron chi connectivity index (χ2n) is 6.09. The van der Waals surface area contributed by atoms with Gasteiger partial charge in [0.1, 0.15) is 5.75 Å². The number of para-hydroxylation sites is 1. The lowest BCUT2D eigenvalue weighted by molar-refractivity contribution is -0.132. The summed E-state index contributed by atoms with van der Waals surface area (Å²) in [4.78, 5) is 14.7. The number of ether oxygens (including phenoxy) is 1. The molecule has 0 spiro atoms. The Balaban J connectivity index is 1.67. The van der Waals surface area contributed by atoms with Gasteiger partial charge in [-0.05, 0) is 31.9 Å². The maximum Gasteiger partial charge on any atom is 0.230 e. The van der Waals surface area contributed by atoms with Gasteiger partial charge in [-0.25, -0.2) is 0 Å². The molecule has 0 saturated carbocycles. The van der Waals surface area contributed by atoms with E-state index in [4.69, 9.17) is 4.74 Å². The summed E-state index contributed by atoms with van der Waals surface area (Å²) in [5.41, 5.74) is 1.04. The Morgan fingerprint density at radius 1 is 1.33 bits per heavy atom. The smallest absolute Gasteiger partial charge is 0.230 e. The van der Waals surface area contributed by atoms with Crippen molar-refractivity contribution in [2.24, 2.45) is 0 Å². The van der Waals surface area contributed by atoms with Gasteiger partial charge in [0.15, 0.2) is 0 Å². The number of fused-ring (bicyclic) bond motifs is 1. The monoisotopic (exact) mass is 288 g/mol. The van der Waals surface area contributed by atoms with Crippen LogP contribution in [0.5, 0.6) is 5.75 Å². The first-order chi connectivity index (χ1) is 10.3. The molecule has 4 nitrogen and oxygen atoms in total. The van der Waals surface area contributed by atoms with Crippen molar-refractivity contribution in [2.75, 3.05) is 26.7 Å². The highest BCUT2D eigenvalue weighted by molar-refractivity contribution is 5.84. The van der Waals surface area contributed by atoms with Crippen LogP contribution < -0.4 is 10.1 Å². The third-order valence-electron chi connectivity index (χ3n) is 4.54. The first-order valence-corrected chi connectivity index (χ1v) is 7.96. The highest BCUT2D eigenvalue weighted by Crippen LogP contribution is 2.34. The fourth-order valence-electron chi connectivity index (χ4n) is 3.36. The molecule has 1 N–H and O–H groups in total. The van der Waals surface area contributed by atoms with Crippen LogP contribution in [0.4, 0.5) is 0 Å². The van der Waals surface area contributed by atoms with E-state index in [9.17, 15) is 4.79 Å². The van der Waals surface area contributed by atoms with E-state index in [2.05, 4.69) is 5.32 Å². The van der Waals surface area contributed by atoms with Gasteiger partial charge in [-0.2, -0.15) is 0 Å². The van der Waals surface area contributed by atoms with Gasteiger partial charge in [0, 0.05) is 25.2 Å². The minimum atomic E-state index is -0.0523. The molecule has 2 atom stereocenters. The number of carbonyl (C=O) groups excluding carboxylic acids is 1. The minimum Gasteiger partial charge on any atom is -0.493 e. The number of nitrogens with one attached hydrogen (secondary N) is 1. The molecule has 1 saturated heterocycles. The number of likely N-dealkylation sites (N-methyl/N-ethyl adjacent to an activating group) is 1. The molecule has 0 radical (unpaired) electrons. The van der Waals surface area contributed by atoms with Gasteiger partial charge in [-0.3, -0.25) is 4.79 Å². The molecule has 0 bridgehead atoms. The average molecular weight is 288 g/mol. The number of piperidine rings is 1. The lowest BCUT2D eigenvalue weighted by Gasteiger charge is -2.32. The molecular weight excluding hydrogens is 264 g/mol. The quantitative estimate of drug-likeness (QED) is 0.926. The number of nitrogens with zero attached hydrogens (tertiary/aromatic N) is 1. The van der Waals surface area contributed by atoms with Crippen molar-refractivity contribution >= 4 is 5.91 Å². The van der Waals surface area contributed by atoms with Crippen LogP contribution in [-0.4, -0.2) is 43.6 Å². The van der Waals surface area contributed by atoms with Crippen molar-refractivity contribution in [3.05, 3.63) is 29.8 Å². The Morgan fingerprint density at radius 2 is 2.19 bits per heavy atom. The predicted molar refractivity (Wildman–Crippen MR) is 82.6 cm³/mol. The van der Waals surface area contributed by atoms with Crippen LogP contribution in [0.25, 0.3) is 0 Å². The van der Waals surface area contributed by atoms with Crippen molar-refractivity contribution in [2.45, 2.75) is 37.6 Å². The average Bonchev–Trinajstić information content (AvgIpc) is 2.54. The number of rotatable bonds is 3. The van der Waals surface area contributed by atoms with Crippen LogP contribution in [0, 0.1) is 0 Å². The van der Waals surface area contributed by atoms with Crippen molar-refractivity contribution in [3.8, 4) is 5.75 Å². The Labute approximate surface area is 126 Å². The maximum atomic E-state index is 12.8. The van der Waals surface area contributed by atoms with Crippen molar-refractivity contribution in [3.63, 3.8) is 0 Å². The van der Waals surface area contributed by atoms with Gasteiger partial charge >= 0.3 is 0 Å². The summed E-state index contributed by atoms with van der Waals surface area (Å²) in [7, 11) is 1.93.